The second-order valence-corrected chi connectivity index (χ2v) is 4.35. The molecule has 6 heteroatoms. The van der Waals surface area contributed by atoms with Gasteiger partial charge in [-0.2, -0.15) is 0 Å². The van der Waals surface area contributed by atoms with Gasteiger partial charge in [0, 0.05) is 17.8 Å². The maximum atomic E-state index is 12.9. The quantitative estimate of drug-likeness (QED) is 0.872. The Labute approximate surface area is 110 Å². The SMILES string of the molecule is Cl.NC1CCCC1C(=O)Nc1cc(F)cc(F)c1. The highest BCUT2D eigenvalue weighted by atomic mass is 35.5. The Morgan fingerprint density at radius 1 is 1.22 bits per heavy atom. The Hall–Kier alpha value is -1.20. The predicted octanol–water partition coefficient (Wildman–Crippen LogP) is 2.45. The van der Waals surface area contributed by atoms with Gasteiger partial charge in [-0.1, -0.05) is 6.42 Å². The fourth-order valence-electron chi connectivity index (χ4n) is 2.18. The predicted molar refractivity (Wildman–Crippen MR) is 67.6 cm³/mol. The van der Waals surface area contributed by atoms with Crippen LogP contribution in [0.2, 0.25) is 0 Å². The number of halogens is 3. The zero-order valence-corrected chi connectivity index (χ0v) is 10.5. The molecule has 100 valence electrons. The lowest BCUT2D eigenvalue weighted by atomic mass is 10.0. The first-order chi connectivity index (χ1) is 8.06. The molecule has 2 unspecified atom stereocenters. The second kappa shape index (κ2) is 6.11. The van der Waals surface area contributed by atoms with E-state index < -0.39 is 11.6 Å². The van der Waals surface area contributed by atoms with Gasteiger partial charge in [0.25, 0.3) is 0 Å². The van der Waals surface area contributed by atoms with Crippen LogP contribution in [-0.2, 0) is 4.79 Å². The van der Waals surface area contributed by atoms with E-state index in [0.717, 1.165) is 37.5 Å². The van der Waals surface area contributed by atoms with Crippen LogP contribution in [0.5, 0.6) is 0 Å². The summed E-state index contributed by atoms with van der Waals surface area (Å²) in [6.45, 7) is 0. The number of nitrogens with one attached hydrogen (secondary N) is 1. The maximum Gasteiger partial charge on any atom is 0.229 e. The molecule has 0 spiro atoms. The summed E-state index contributed by atoms with van der Waals surface area (Å²) >= 11 is 0. The lowest BCUT2D eigenvalue weighted by Gasteiger charge is -2.15. The van der Waals surface area contributed by atoms with E-state index in [-0.39, 0.29) is 36.0 Å². The van der Waals surface area contributed by atoms with Gasteiger partial charge in [0.2, 0.25) is 5.91 Å². The van der Waals surface area contributed by atoms with Crippen LogP contribution in [-0.4, -0.2) is 11.9 Å². The molecule has 3 N–H and O–H groups in total. The lowest BCUT2D eigenvalue weighted by Crippen LogP contribution is -2.34. The zero-order chi connectivity index (χ0) is 12.4. The average molecular weight is 277 g/mol. The number of hydrogen-bond donors (Lipinski definition) is 2. The lowest BCUT2D eigenvalue weighted by molar-refractivity contribution is -0.120. The van der Waals surface area contributed by atoms with Crippen molar-refractivity contribution >= 4 is 24.0 Å². The van der Waals surface area contributed by atoms with Crippen molar-refractivity contribution in [1.82, 2.24) is 0 Å². The molecular weight excluding hydrogens is 262 g/mol. The summed E-state index contributed by atoms with van der Waals surface area (Å²) in [6.07, 6.45) is 2.46. The Balaban J connectivity index is 0.00000162. The molecule has 0 heterocycles. The van der Waals surface area contributed by atoms with E-state index in [9.17, 15) is 13.6 Å². The van der Waals surface area contributed by atoms with E-state index >= 15 is 0 Å². The summed E-state index contributed by atoms with van der Waals surface area (Å²) in [5.41, 5.74) is 5.92. The Morgan fingerprint density at radius 2 is 1.83 bits per heavy atom. The molecule has 1 aromatic carbocycles. The van der Waals surface area contributed by atoms with Crippen molar-refractivity contribution in [3.8, 4) is 0 Å². The monoisotopic (exact) mass is 276 g/mol. The standard InChI is InChI=1S/C12H14F2N2O.ClH/c13-7-4-8(14)6-9(5-7)16-12(17)10-2-1-3-11(10)15;/h4-6,10-11H,1-3,15H2,(H,16,17);1H. The van der Waals surface area contributed by atoms with Crippen LogP contribution in [0.3, 0.4) is 0 Å². The number of carbonyl (C=O) groups is 1. The van der Waals surface area contributed by atoms with Crippen LogP contribution < -0.4 is 11.1 Å². The van der Waals surface area contributed by atoms with Crippen molar-refractivity contribution < 1.29 is 13.6 Å². The van der Waals surface area contributed by atoms with Crippen LogP contribution in [0.1, 0.15) is 19.3 Å². The molecule has 18 heavy (non-hydrogen) atoms. The summed E-state index contributed by atoms with van der Waals surface area (Å²) in [5, 5.41) is 2.50. The number of rotatable bonds is 2. The summed E-state index contributed by atoms with van der Waals surface area (Å²) < 4.78 is 25.8. The number of amides is 1. The van der Waals surface area contributed by atoms with Crippen LogP contribution in [0.25, 0.3) is 0 Å². The molecule has 0 radical (unpaired) electrons. The van der Waals surface area contributed by atoms with E-state index in [1.807, 2.05) is 0 Å². The van der Waals surface area contributed by atoms with Gasteiger partial charge in [0.1, 0.15) is 11.6 Å². The summed E-state index contributed by atoms with van der Waals surface area (Å²) in [4.78, 5) is 11.8. The van der Waals surface area contributed by atoms with Crippen LogP contribution >= 0.6 is 12.4 Å². The van der Waals surface area contributed by atoms with Crippen LogP contribution in [0, 0.1) is 17.6 Å². The molecule has 1 aliphatic rings. The number of carbonyl (C=O) groups excluding carboxylic acids is 1. The third-order valence-electron chi connectivity index (χ3n) is 3.04. The molecule has 1 aromatic rings. The van der Waals surface area contributed by atoms with Gasteiger partial charge in [-0.25, -0.2) is 8.78 Å². The molecule has 1 aliphatic carbocycles. The molecule has 2 rings (SSSR count). The van der Waals surface area contributed by atoms with E-state index in [1.165, 1.54) is 0 Å². The molecule has 0 aromatic heterocycles. The van der Waals surface area contributed by atoms with Crippen LogP contribution in [0.15, 0.2) is 18.2 Å². The minimum Gasteiger partial charge on any atom is -0.327 e. The normalized spacial score (nSPS) is 22.4. The van der Waals surface area contributed by atoms with E-state index in [0.29, 0.717) is 0 Å². The van der Waals surface area contributed by atoms with Crippen LogP contribution in [0.4, 0.5) is 14.5 Å². The van der Waals surface area contributed by atoms with Gasteiger partial charge in [-0.05, 0) is 25.0 Å². The minimum absolute atomic E-state index is 0. The average Bonchev–Trinajstić information content (AvgIpc) is 2.62. The molecule has 1 amide bonds. The van der Waals surface area contributed by atoms with E-state index in [1.54, 1.807) is 0 Å². The summed E-state index contributed by atoms with van der Waals surface area (Å²) in [5.74, 6) is -1.95. The highest BCUT2D eigenvalue weighted by Gasteiger charge is 2.30. The first-order valence-corrected chi connectivity index (χ1v) is 5.59. The van der Waals surface area contributed by atoms with Crippen molar-refractivity contribution in [2.24, 2.45) is 11.7 Å². The topological polar surface area (TPSA) is 55.1 Å². The van der Waals surface area contributed by atoms with Crippen molar-refractivity contribution in [3.05, 3.63) is 29.8 Å². The molecule has 0 bridgehead atoms. The van der Waals surface area contributed by atoms with Crippen molar-refractivity contribution in [2.45, 2.75) is 25.3 Å². The molecule has 0 saturated heterocycles. The number of anilines is 1. The third kappa shape index (κ3) is 3.40. The van der Waals surface area contributed by atoms with Crippen molar-refractivity contribution in [1.29, 1.82) is 0 Å². The first-order valence-electron chi connectivity index (χ1n) is 5.59. The van der Waals surface area contributed by atoms with Crippen molar-refractivity contribution in [2.75, 3.05) is 5.32 Å². The Bertz CT molecular complexity index is 422. The zero-order valence-electron chi connectivity index (χ0n) is 9.66. The van der Waals surface area contributed by atoms with E-state index in [2.05, 4.69) is 5.32 Å². The Kier molecular flexibility index (Phi) is 5.04. The molecule has 2 atom stereocenters. The van der Waals surface area contributed by atoms with E-state index in [4.69, 9.17) is 5.73 Å². The molecule has 3 nitrogen and oxygen atoms in total. The van der Waals surface area contributed by atoms with Gasteiger partial charge in [0.05, 0.1) is 5.92 Å². The smallest absolute Gasteiger partial charge is 0.229 e. The molecule has 1 saturated carbocycles. The van der Waals surface area contributed by atoms with Gasteiger partial charge in [-0.3, -0.25) is 4.79 Å². The fraction of sp³-hybridized carbons (Fsp3) is 0.417. The number of hydrogen-bond acceptors (Lipinski definition) is 2. The first kappa shape index (κ1) is 14.9. The molecule has 1 fully saturated rings. The summed E-state index contributed by atoms with van der Waals surface area (Å²) in [6, 6.07) is 2.77. The minimum atomic E-state index is -0.712. The highest BCUT2D eigenvalue weighted by molar-refractivity contribution is 5.93. The van der Waals surface area contributed by atoms with Gasteiger partial charge in [-0.15, -0.1) is 12.4 Å². The molecule has 0 aliphatic heterocycles. The molecular formula is C12H15ClF2N2O. The fourth-order valence-corrected chi connectivity index (χ4v) is 2.18. The van der Waals surface area contributed by atoms with Crippen molar-refractivity contribution in [3.63, 3.8) is 0 Å². The Morgan fingerprint density at radius 3 is 2.33 bits per heavy atom. The van der Waals surface area contributed by atoms with Gasteiger partial charge >= 0.3 is 0 Å². The van der Waals surface area contributed by atoms with Gasteiger partial charge in [0.15, 0.2) is 0 Å². The number of benzene rings is 1. The summed E-state index contributed by atoms with van der Waals surface area (Å²) in [7, 11) is 0. The number of nitrogens with two attached hydrogens (primary N) is 1. The second-order valence-electron chi connectivity index (χ2n) is 4.35. The third-order valence-corrected chi connectivity index (χ3v) is 3.04. The maximum absolute atomic E-state index is 12.9. The van der Waals surface area contributed by atoms with Gasteiger partial charge < -0.3 is 11.1 Å². The highest BCUT2D eigenvalue weighted by Crippen LogP contribution is 2.25. The largest absolute Gasteiger partial charge is 0.327 e.